The van der Waals surface area contributed by atoms with Crippen molar-refractivity contribution in [2.45, 2.75) is 18.7 Å². The summed E-state index contributed by atoms with van der Waals surface area (Å²) in [6.45, 7) is 3.64. The summed E-state index contributed by atoms with van der Waals surface area (Å²) in [4.78, 5) is 10.2. The summed E-state index contributed by atoms with van der Waals surface area (Å²) < 4.78 is 29.9. The zero-order valence-electron chi connectivity index (χ0n) is 17.3. The molecule has 12 heteroatoms. The Balaban J connectivity index is 1.99. The van der Waals surface area contributed by atoms with Crippen molar-refractivity contribution in [2.75, 3.05) is 10.1 Å². The second kappa shape index (κ2) is 9.89. The Hall–Kier alpha value is -2.96. The molecule has 33 heavy (non-hydrogen) atoms. The van der Waals surface area contributed by atoms with Crippen molar-refractivity contribution in [3.8, 4) is 5.75 Å². The van der Waals surface area contributed by atoms with Gasteiger partial charge >= 0.3 is 0 Å². The third-order valence-electron chi connectivity index (χ3n) is 4.54. The van der Waals surface area contributed by atoms with Gasteiger partial charge in [-0.05, 0) is 59.6 Å². The number of nitrogens with one attached hydrogen (secondary N) is 2. The molecule has 3 aromatic rings. The first kappa shape index (κ1) is 24.7. The minimum atomic E-state index is -4.21. The van der Waals surface area contributed by atoms with Crippen LogP contribution in [0.2, 0.25) is 0 Å². The summed E-state index contributed by atoms with van der Waals surface area (Å²) in [5.74, 6) is -0.0585. The molecule has 0 saturated heterocycles. The van der Waals surface area contributed by atoms with Gasteiger partial charge in [0.15, 0.2) is 0 Å². The van der Waals surface area contributed by atoms with E-state index >= 15 is 0 Å². The fraction of sp³-hybridized carbons (Fsp3) is 0.0952. The molecule has 0 aromatic heterocycles. The van der Waals surface area contributed by atoms with Gasteiger partial charge in [0.25, 0.3) is 15.7 Å². The van der Waals surface area contributed by atoms with E-state index in [0.717, 1.165) is 11.6 Å². The van der Waals surface area contributed by atoms with Gasteiger partial charge < -0.3 is 5.11 Å². The smallest absolute Gasteiger partial charge is 0.270 e. The lowest BCUT2D eigenvalue weighted by Crippen LogP contribution is -2.16. The van der Waals surface area contributed by atoms with Crippen molar-refractivity contribution in [3.05, 3.63) is 84.3 Å². The number of anilines is 2. The first-order valence-corrected chi connectivity index (χ1v) is 12.4. The van der Waals surface area contributed by atoms with Gasteiger partial charge in [-0.25, -0.2) is 8.42 Å². The predicted octanol–water partition coefficient (Wildman–Crippen LogP) is 5.69. The summed E-state index contributed by atoms with van der Waals surface area (Å²) >= 11 is 6.53. The second-order valence-corrected chi connectivity index (χ2v) is 10.5. The highest BCUT2D eigenvalue weighted by atomic mass is 79.9. The molecule has 3 N–H and O–H groups in total. The summed E-state index contributed by atoms with van der Waals surface area (Å²) in [5, 5.41) is 25.4. The van der Waals surface area contributed by atoms with E-state index in [4.69, 9.17) is 0 Å². The molecule has 172 valence electrons. The Morgan fingerprint density at radius 3 is 2.42 bits per heavy atom. The van der Waals surface area contributed by atoms with Crippen molar-refractivity contribution < 1.29 is 18.4 Å². The highest BCUT2D eigenvalue weighted by Gasteiger charge is 2.23. The number of phenols is 1. The van der Waals surface area contributed by atoms with Gasteiger partial charge in [-0.15, -0.1) is 0 Å². The van der Waals surface area contributed by atoms with Crippen LogP contribution in [0.4, 0.5) is 17.1 Å². The fourth-order valence-corrected chi connectivity index (χ4v) is 5.49. The Morgan fingerprint density at radius 1 is 1.06 bits per heavy atom. The molecule has 0 fully saturated rings. The van der Waals surface area contributed by atoms with E-state index in [1.165, 1.54) is 18.3 Å². The molecular weight excluding hydrogens is 580 g/mol. The van der Waals surface area contributed by atoms with Crippen LogP contribution in [0.15, 0.2) is 67.5 Å². The Labute approximate surface area is 207 Å². The third kappa shape index (κ3) is 5.89. The Kier molecular flexibility index (Phi) is 7.40. The van der Waals surface area contributed by atoms with E-state index in [1.54, 1.807) is 31.2 Å². The van der Waals surface area contributed by atoms with Crippen molar-refractivity contribution >= 4 is 65.2 Å². The summed E-state index contributed by atoms with van der Waals surface area (Å²) in [6, 6.07) is 11.8. The maximum Gasteiger partial charge on any atom is 0.270 e. The van der Waals surface area contributed by atoms with Crippen LogP contribution in [0.25, 0.3) is 0 Å². The van der Waals surface area contributed by atoms with Crippen LogP contribution in [0.1, 0.15) is 16.7 Å². The van der Waals surface area contributed by atoms with Crippen LogP contribution in [-0.2, 0) is 10.0 Å². The molecule has 0 atom stereocenters. The summed E-state index contributed by atoms with van der Waals surface area (Å²) in [7, 11) is -4.21. The molecule has 3 aromatic carbocycles. The van der Waals surface area contributed by atoms with Crippen LogP contribution in [0, 0.1) is 24.0 Å². The first-order chi connectivity index (χ1) is 15.5. The minimum Gasteiger partial charge on any atom is -0.506 e. The standard InChI is InChI=1S/C21H18Br2N4O5S/c1-12-3-5-18(13(2)7-12)26-33(31,32)20-10-16(27(29)30)4-6-19(20)25-24-11-14-8-15(22)9-17(23)21(14)28/h3-11,25-26,28H,1-2H3. The number of hydrogen-bond donors (Lipinski definition) is 3. The van der Waals surface area contributed by atoms with Crippen LogP contribution in [0.3, 0.4) is 0 Å². The minimum absolute atomic E-state index is 0.0164. The number of hydrogen-bond acceptors (Lipinski definition) is 7. The third-order valence-corrected chi connectivity index (χ3v) is 7.01. The molecule has 3 rings (SSSR count). The number of phenolic OH excluding ortho intramolecular Hbond substituents is 1. The molecule has 0 aliphatic rings. The number of nitro benzene ring substituents is 1. The lowest BCUT2D eigenvalue weighted by molar-refractivity contribution is -0.385. The highest BCUT2D eigenvalue weighted by molar-refractivity contribution is 9.11. The zero-order valence-corrected chi connectivity index (χ0v) is 21.3. The number of sulfonamides is 1. The number of nitrogens with zero attached hydrogens (tertiary/aromatic N) is 2. The molecule has 0 amide bonds. The van der Waals surface area contributed by atoms with Crippen molar-refractivity contribution in [1.82, 2.24) is 0 Å². The van der Waals surface area contributed by atoms with Crippen molar-refractivity contribution in [1.29, 1.82) is 0 Å². The number of benzene rings is 3. The molecular formula is C21H18Br2N4O5S. The van der Waals surface area contributed by atoms with E-state index in [2.05, 4.69) is 47.1 Å². The Morgan fingerprint density at radius 2 is 1.76 bits per heavy atom. The zero-order chi connectivity index (χ0) is 24.3. The molecule has 0 spiro atoms. The van der Waals surface area contributed by atoms with Gasteiger partial charge in [0.05, 0.1) is 27.0 Å². The van der Waals surface area contributed by atoms with Gasteiger partial charge in [-0.3, -0.25) is 20.3 Å². The average molecular weight is 598 g/mol. The topological polar surface area (TPSA) is 134 Å². The lowest BCUT2D eigenvalue weighted by Gasteiger charge is -2.14. The molecule has 0 aliphatic carbocycles. The predicted molar refractivity (Wildman–Crippen MR) is 135 cm³/mol. The maximum absolute atomic E-state index is 13.1. The maximum atomic E-state index is 13.1. The largest absolute Gasteiger partial charge is 0.506 e. The van der Waals surface area contributed by atoms with Gasteiger partial charge in [0, 0.05) is 22.2 Å². The first-order valence-electron chi connectivity index (χ1n) is 9.33. The van der Waals surface area contributed by atoms with Gasteiger partial charge in [-0.1, -0.05) is 33.6 Å². The van der Waals surface area contributed by atoms with Crippen LogP contribution in [0.5, 0.6) is 5.75 Å². The summed E-state index contributed by atoms with van der Waals surface area (Å²) in [5.41, 5.74) is 4.59. The molecule has 9 nitrogen and oxygen atoms in total. The number of rotatable bonds is 7. The number of aromatic hydroxyl groups is 1. The second-order valence-electron chi connectivity index (χ2n) is 7.06. The fourth-order valence-electron chi connectivity index (χ4n) is 2.92. The van der Waals surface area contributed by atoms with E-state index in [9.17, 15) is 23.6 Å². The van der Waals surface area contributed by atoms with Crippen LogP contribution >= 0.6 is 31.9 Å². The van der Waals surface area contributed by atoms with Gasteiger partial charge in [0.2, 0.25) is 0 Å². The number of non-ortho nitro benzene ring substituents is 1. The average Bonchev–Trinajstić information content (AvgIpc) is 2.73. The number of halogens is 2. The quantitative estimate of drug-likeness (QED) is 0.182. The van der Waals surface area contributed by atoms with E-state index in [0.29, 0.717) is 25.8 Å². The monoisotopic (exact) mass is 596 g/mol. The number of hydrazone groups is 1. The SMILES string of the molecule is Cc1ccc(NS(=O)(=O)c2cc([N+](=O)[O-])ccc2NN=Cc2cc(Br)cc(Br)c2O)c(C)c1. The number of nitro groups is 1. The van der Waals surface area contributed by atoms with E-state index in [-0.39, 0.29) is 22.0 Å². The van der Waals surface area contributed by atoms with Crippen LogP contribution < -0.4 is 10.1 Å². The van der Waals surface area contributed by atoms with E-state index < -0.39 is 14.9 Å². The van der Waals surface area contributed by atoms with Gasteiger partial charge in [0.1, 0.15) is 10.6 Å². The van der Waals surface area contributed by atoms with Crippen molar-refractivity contribution in [2.24, 2.45) is 5.10 Å². The molecule has 0 unspecified atom stereocenters. The number of aryl methyl sites for hydroxylation is 2. The molecule has 0 bridgehead atoms. The van der Waals surface area contributed by atoms with Gasteiger partial charge in [-0.2, -0.15) is 5.10 Å². The normalized spacial score (nSPS) is 11.5. The van der Waals surface area contributed by atoms with E-state index in [1.807, 2.05) is 13.0 Å². The summed E-state index contributed by atoms with van der Waals surface area (Å²) in [6.07, 6.45) is 1.29. The van der Waals surface area contributed by atoms with Crippen molar-refractivity contribution in [3.63, 3.8) is 0 Å². The molecule has 0 heterocycles. The molecule has 0 aliphatic heterocycles. The molecule has 0 radical (unpaired) electrons. The highest BCUT2D eigenvalue weighted by Crippen LogP contribution is 2.32. The lowest BCUT2D eigenvalue weighted by atomic mass is 10.1. The Bertz CT molecular complexity index is 1380. The van der Waals surface area contributed by atoms with Crippen LogP contribution in [-0.4, -0.2) is 24.7 Å². The molecule has 0 saturated carbocycles.